The molecule has 0 unspecified atom stereocenters. The molecule has 0 aliphatic carbocycles. The molecule has 21 heavy (non-hydrogen) atoms. The van der Waals surface area contributed by atoms with E-state index >= 15 is 0 Å². The van der Waals surface area contributed by atoms with Crippen LogP contribution in [0.25, 0.3) is 0 Å². The van der Waals surface area contributed by atoms with E-state index in [1.165, 1.54) is 12.1 Å². The second-order valence-electron chi connectivity index (χ2n) is 5.17. The van der Waals surface area contributed by atoms with Gasteiger partial charge in [-0.05, 0) is 24.7 Å². The SMILES string of the molecule is CCN1CCN(CCS(=O)(=O)c2cc(Cl)ccc2Cl)CC1. The highest BCUT2D eigenvalue weighted by Crippen LogP contribution is 2.26. The first kappa shape index (κ1) is 17.0. The van der Waals surface area contributed by atoms with E-state index in [1.807, 2.05) is 0 Å². The molecule has 1 aromatic carbocycles. The molecular weight excluding hydrogens is 331 g/mol. The van der Waals surface area contributed by atoms with Gasteiger partial charge < -0.3 is 4.90 Å². The normalized spacial score (nSPS) is 18.0. The third kappa shape index (κ3) is 4.57. The Bertz CT molecular complexity index is 585. The summed E-state index contributed by atoms with van der Waals surface area (Å²) in [7, 11) is -3.40. The molecule has 0 spiro atoms. The van der Waals surface area contributed by atoms with Gasteiger partial charge in [0.1, 0.15) is 0 Å². The summed E-state index contributed by atoms with van der Waals surface area (Å²) in [6, 6.07) is 4.54. The Kier molecular flexibility index (Phi) is 5.91. The van der Waals surface area contributed by atoms with Crippen LogP contribution in [0.4, 0.5) is 0 Å². The zero-order valence-corrected chi connectivity index (χ0v) is 14.4. The van der Waals surface area contributed by atoms with Crippen molar-refractivity contribution in [1.82, 2.24) is 9.80 Å². The molecule has 0 bridgehead atoms. The average Bonchev–Trinajstić information content (AvgIpc) is 2.48. The van der Waals surface area contributed by atoms with Gasteiger partial charge in [-0.2, -0.15) is 0 Å². The lowest BCUT2D eigenvalue weighted by Crippen LogP contribution is -2.47. The monoisotopic (exact) mass is 350 g/mol. The summed E-state index contributed by atoms with van der Waals surface area (Å²) in [6.07, 6.45) is 0. The van der Waals surface area contributed by atoms with E-state index in [-0.39, 0.29) is 15.7 Å². The fourth-order valence-corrected chi connectivity index (χ4v) is 4.50. The van der Waals surface area contributed by atoms with E-state index in [9.17, 15) is 8.42 Å². The maximum atomic E-state index is 12.4. The molecule has 0 atom stereocenters. The number of rotatable bonds is 5. The smallest absolute Gasteiger partial charge is 0.181 e. The lowest BCUT2D eigenvalue weighted by Gasteiger charge is -2.33. The number of piperazine rings is 1. The molecule has 118 valence electrons. The van der Waals surface area contributed by atoms with Crippen molar-refractivity contribution in [3.8, 4) is 0 Å². The van der Waals surface area contributed by atoms with Gasteiger partial charge in [0.25, 0.3) is 0 Å². The summed E-state index contributed by atoms with van der Waals surface area (Å²) in [5.74, 6) is 0.0686. The lowest BCUT2D eigenvalue weighted by molar-refractivity contribution is 0.143. The van der Waals surface area contributed by atoms with Crippen molar-refractivity contribution in [2.45, 2.75) is 11.8 Å². The summed E-state index contributed by atoms with van der Waals surface area (Å²) in [6.45, 7) is 7.52. The fourth-order valence-electron chi connectivity index (χ4n) is 2.40. The van der Waals surface area contributed by atoms with Crippen molar-refractivity contribution in [2.24, 2.45) is 0 Å². The predicted molar refractivity (Wildman–Crippen MR) is 87.1 cm³/mol. The molecule has 1 aliphatic rings. The Morgan fingerprint density at radius 1 is 1.10 bits per heavy atom. The quantitative estimate of drug-likeness (QED) is 0.817. The minimum Gasteiger partial charge on any atom is -0.301 e. The summed E-state index contributed by atoms with van der Waals surface area (Å²) in [4.78, 5) is 4.67. The van der Waals surface area contributed by atoms with Crippen LogP contribution in [0.2, 0.25) is 10.0 Å². The molecule has 1 heterocycles. The minimum absolute atomic E-state index is 0.0686. The third-order valence-electron chi connectivity index (χ3n) is 3.82. The van der Waals surface area contributed by atoms with Crippen LogP contribution >= 0.6 is 23.2 Å². The van der Waals surface area contributed by atoms with Crippen LogP contribution < -0.4 is 0 Å². The van der Waals surface area contributed by atoms with Crippen molar-refractivity contribution in [3.05, 3.63) is 28.2 Å². The van der Waals surface area contributed by atoms with Gasteiger partial charge in [-0.1, -0.05) is 30.1 Å². The van der Waals surface area contributed by atoms with Gasteiger partial charge in [0.15, 0.2) is 9.84 Å². The minimum atomic E-state index is -3.40. The molecule has 1 aromatic rings. The first-order valence-electron chi connectivity index (χ1n) is 7.05. The number of benzene rings is 1. The van der Waals surface area contributed by atoms with Crippen LogP contribution in [0.3, 0.4) is 0 Å². The molecule has 0 N–H and O–H groups in total. The molecule has 0 amide bonds. The highest BCUT2D eigenvalue weighted by Gasteiger charge is 2.22. The fraction of sp³-hybridized carbons (Fsp3) is 0.571. The Hall–Kier alpha value is -0.330. The lowest BCUT2D eigenvalue weighted by atomic mass is 10.3. The van der Waals surface area contributed by atoms with Crippen molar-refractivity contribution in [1.29, 1.82) is 0 Å². The maximum Gasteiger partial charge on any atom is 0.181 e. The molecule has 1 saturated heterocycles. The standard InChI is InChI=1S/C14H20Cl2N2O2S/c1-2-17-5-7-18(8-6-17)9-10-21(19,20)14-11-12(15)3-4-13(14)16/h3-4,11H,2,5-10H2,1H3. The van der Waals surface area contributed by atoms with Gasteiger partial charge in [-0.25, -0.2) is 8.42 Å². The van der Waals surface area contributed by atoms with Gasteiger partial charge in [0.05, 0.1) is 15.7 Å². The topological polar surface area (TPSA) is 40.6 Å². The zero-order valence-electron chi connectivity index (χ0n) is 12.1. The number of sulfone groups is 1. The van der Waals surface area contributed by atoms with E-state index in [1.54, 1.807) is 6.07 Å². The summed E-state index contributed by atoms with van der Waals surface area (Å²) < 4.78 is 24.8. The number of hydrogen-bond donors (Lipinski definition) is 0. The van der Waals surface area contributed by atoms with Crippen molar-refractivity contribution in [3.63, 3.8) is 0 Å². The van der Waals surface area contributed by atoms with Crippen LogP contribution in [0.1, 0.15) is 6.92 Å². The highest BCUT2D eigenvalue weighted by molar-refractivity contribution is 7.91. The molecule has 1 fully saturated rings. The third-order valence-corrected chi connectivity index (χ3v) is 6.22. The van der Waals surface area contributed by atoms with E-state index in [0.29, 0.717) is 11.6 Å². The van der Waals surface area contributed by atoms with Crippen LogP contribution in [0.15, 0.2) is 23.1 Å². The summed E-state index contributed by atoms with van der Waals surface area (Å²) >= 11 is 11.8. The number of nitrogens with zero attached hydrogens (tertiary/aromatic N) is 2. The molecule has 4 nitrogen and oxygen atoms in total. The number of likely N-dealkylation sites (N-methyl/N-ethyl adjacent to an activating group) is 1. The first-order valence-corrected chi connectivity index (χ1v) is 9.45. The molecule has 2 rings (SSSR count). The van der Waals surface area contributed by atoms with Crippen molar-refractivity contribution in [2.75, 3.05) is 45.0 Å². The van der Waals surface area contributed by atoms with Crippen LogP contribution in [0, 0.1) is 0 Å². The van der Waals surface area contributed by atoms with Crippen molar-refractivity contribution < 1.29 is 8.42 Å². The van der Waals surface area contributed by atoms with Gasteiger partial charge in [0.2, 0.25) is 0 Å². The summed E-state index contributed by atoms with van der Waals surface area (Å²) in [5, 5.41) is 0.615. The van der Waals surface area contributed by atoms with Gasteiger partial charge in [0, 0.05) is 37.7 Å². The largest absolute Gasteiger partial charge is 0.301 e. The van der Waals surface area contributed by atoms with Gasteiger partial charge in [-0.3, -0.25) is 4.90 Å². The predicted octanol–water partition coefficient (Wildman–Crippen LogP) is 2.40. The number of halogens is 2. The zero-order chi connectivity index (χ0) is 15.5. The first-order chi connectivity index (χ1) is 9.92. The average molecular weight is 351 g/mol. The van der Waals surface area contributed by atoms with E-state index in [4.69, 9.17) is 23.2 Å². The molecule has 1 aliphatic heterocycles. The molecule has 0 radical (unpaired) electrons. The molecule has 7 heteroatoms. The van der Waals surface area contributed by atoms with Gasteiger partial charge in [-0.15, -0.1) is 0 Å². The maximum absolute atomic E-state index is 12.4. The Balaban J connectivity index is 1.97. The van der Waals surface area contributed by atoms with E-state index < -0.39 is 9.84 Å². The molecule has 0 aromatic heterocycles. The summed E-state index contributed by atoms with van der Waals surface area (Å²) in [5.41, 5.74) is 0. The van der Waals surface area contributed by atoms with Gasteiger partial charge >= 0.3 is 0 Å². The van der Waals surface area contributed by atoms with Crippen LogP contribution in [0.5, 0.6) is 0 Å². The highest BCUT2D eigenvalue weighted by atomic mass is 35.5. The molecular formula is C14H20Cl2N2O2S. The van der Waals surface area contributed by atoms with E-state index in [2.05, 4.69) is 16.7 Å². The van der Waals surface area contributed by atoms with Crippen LogP contribution in [-0.2, 0) is 9.84 Å². The Morgan fingerprint density at radius 3 is 2.33 bits per heavy atom. The second kappa shape index (κ2) is 7.29. The Morgan fingerprint density at radius 2 is 1.71 bits per heavy atom. The second-order valence-corrected chi connectivity index (χ2v) is 8.09. The van der Waals surface area contributed by atoms with Crippen molar-refractivity contribution >= 4 is 33.0 Å². The Labute approximate surface area is 136 Å². The number of hydrogen-bond acceptors (Lipinski definition) is 4. The molecule has 0 saturated carbocycles. The van der Waals surface area contributed by atoms with E-state index in [0.717, 1.165) is 32.7 Å². The van der Waals surface area contributed by atoms with Crippen LogP contribution in [-0.4, -0.2) is 63.2 Å².